The van der Waals surface area contributed by atoms with Crippen molar-refractivity contribution in [1.82, 2.24) is 15.1 Å². The molecule has 0 aromatic rings. The molecule has 222 valence electrons. The number of allylic oxidation sites excluding steroid dienone is 1. The van der Waals surface area contributed by atoms with Gasteiger partial charge in [0.2, 0.25) is 0 Å². The van der Waals surface area contributed by atoms with Crippen molar-refractivity contribution in [3.8, 4) is 0 Å². The van der Waals surface area contributed by atoms with Gasteiger partial charge in [-0.25, -0.2) is 24.1 Å². The van der Waals surface area contributed by atoms with Gasteiger partial charge in [0.25, 0.3) is 11.8 Å². The molecule has 0 aromatic heterocycles. The van der Waals surface area contributed by atoms with Crippen molar-refractivity contribution in [2.24, 2.45) is 0 Å². The van der Waals surface area contributed by atoms with E-state index < -0.39 is 64.6 Å². The monoisotopic (exact) mass is 565 g/mol. The SMILES string of the molecule is CC/C(C)=C(\C(=O)N/C(=C/C(=O)OC)C(=O)OC)N(C(=O)OC(C)(C)C)C(=O)[C@@H]1C=CCN1C(=O)OC(C)(C)C. The summed E-state index contributed by atoms with van der Waals surface area (Å²) in [5.41, 5.74) is -2.75. The Hall–Kier alpha value is -4.16. The van der Waals surface area contributed by atoms with Crippen molar-refractivity contribution in [1.29, 1.82) is 0 Å². The topological polar surface area (TPSA) is 158 Å². The summed E-state index contributed by atoms with van der Waals surface area (Å²) in [6.07, 6.45) is 1.82. The Morgan fingerprint density at radius 2 is 1.55 bits per heavy atom. The van der Waals surface area contributed by atoms with Gasteiger partial charge >= 0.3 is 24.1 Å². The maximum atomic E-state index is 13.9. The molecule has 1 aliphatic rings. The molecule has 0 bridgehead atoms. The smallest absolute Gasteiger partial charge is 0.422 e. The number of ether oxygens (including phenoxy) is 4. The lowest BCUT2D eigenvalue weighted by Gasteiger charge is -2.33. The summed E-state index contributed by atoms with van der Waals surface area (Å²) in [5, 5.41) is 2.22. The number of nitrogens with one attached hydrogen (secondary N) is 1. The maximum Gasteiger partial charge on any atom is 0.422 e. The van der Waals surface area contributed by atoms with E-state index in [9.17, 15) is 28.8 Å². The predicted octanol–water partition coefficient (Wildman–Crippen LogP) is 2.96. The highest BCUT2D eigenvalue weighted by atomic mass is 16.6. The fraction of sp³-hybridized carbons (Fsp3) is 0.556. The second kappa shape index (κ2) is 13.8. The van der Waals surface area contributed by atoms with E-state index in [0.29, 0.717) is 11.0 Å². The summed E-state index contributed by atoms with van der Waals surface area (Å²) in [5.74, 6) is -4.13. The average Bonchev–Trinajstić information content (AvgIpc) is 3.33. The fourth-order valence-corrected chi connectivity index (χ4v) is 3.24. The van der Waals surface area contributed by atoms with Crippen LogP contribution in [0.2, 0.25) is 0 Å². The molecule has 1 N–H and O–H groups in total. The number of rotatable bonds is 7. The van der Waals surface area contributed by atoms with Gasteiger partial charge in [-0.15, -0.1) is 0 Å². The van der Waals surface area contributed by atoms with E-state index >= 15 is 0 Å². The molecule has 0 unspecified atom stereocenters. The Kier molecular flexibility index (Phi) is 11.7. The third-order valence-electron chi connectivity index (χ3n) is 5.12. The first-order valence-electron chi connectivity index (χ1n) is 12.5. The highest BCUT2D eigenvalue weighted by Gasteiger charge is 2.43. The van der Waals surface area contributed by atoms with E-state index in [1.54, 1.807) is 54.5 Å². The lowest BCUT2D eigenvalue weighted by molar-refractivity contribution is -0.139. The lowest BCUT2D eigenvalue weighted by atomic mass is 10.1. The lowest BCUT2D eigenvalue weighted by Crippen LogP contribution is -2.53. The Labute approximate surface area is 234 Å². The summed E-state index contributed by atoms with van der Waals surface area (Å²) >= 11 is 0. The molecule has 0 spiro atoms. The second-order valence-electron chi connectivity index (χ2n) is 10.7. The van der Waals surface area contributed by atoms with E-state index in [0.717, 1.165) is 19.1 Å². The molecule has 40 heavy (non-hydrogen) atoms. The number of esters is 2. The third kappa shape index (κ3) is 9.54. The summed E-state index contributed by atoms with van der Waals surface area (Å²) in [7, 11) is 2.10. The number of carbonyl (C=O) groups excluding carboxylic acids is 6. The summed E-state index contributed by atoms with van der Waals surface area (Å²) in [6, 6.07) is -1.32. The Bertz CT molecular complexity index is 1120. The summed E-state index contributed by atoms with van der Waals surface area (Å²) < 4.78 is 20.0. The molecular weight excluding hydrogens is 526 g/mol. The molecule has 1 atom stereocenters. The molecule has 0 aromatic carbocycles. The van der Waals surface area contributed by atoms with Crippen LogP contribution in [0.25, 0.3) is 0 Å². The minimum Gasteiger partial charge on any atom is -0.466 e. The van der Waals surface area contributed by atoms with Gasteiger partial charge < -0.3 is 24.3 Å². The standard InChI is InChI=1S/C27H39N3O10/c1-11-16(2)20(21(32)28-17(23(34)38-10)15-19(31)37-9)30(25(36)40-27(6,7)8)22(33)18-13-12-14-29(18)24(35)39-26(3,4)5/h12-13,15,18H,11,14H2,1-10H3,(H,28,32)/b17-15+,20-16+/t18-/m0/s1. The van der Waals surface area contributed by atoms with Crippen LogP contribution in [-0.2, 0) is 38.1 Å². The highest BCUT2D eigenvalue weighted by molar-refractivity contribution is 6.10. The van der Waals surface area contributed by atoms with Gasteiger partial charge in [-0.3, -0.25) is 14.5 Å². The molecule has 1 rings (SSSR count). The van der Waals surface area contributed by atoms with Gasteiger partial charge in [0, 0.05) is 6.54 Å². The number of hydrogen-bond donors (Lipinski definition) is 1. The van der Waals surface area contributed by atoms with Crippen LogP contribution in [0.1, 0.15) is 61.8 Å². The molecule has 13 heteroatoms. The van der Waals surface area contributed by atoms with Crippen LogP contribution in [0, 0.1) is 0 Å². The molecule has 0 radical (unpaired) electrons. The Morgan fingerprint density at radius 1 is 0.975 bits per heavy atom. The van der Waals surface area contributed by atoms with Crippen LogP contribution < -0.4 is 5.32 Å². The van der Waals surface area contributed by atoms with Crippen LogP contribution in [0.15, 0.2) is 35.2 Å². The first-order chi connectivity index (χ1) is 18.4. The van der Waals surface area contributed by atoms with Gasteiger partial charge in [0.15, 0.2) is 0 Å². The van der Waals surface area contributed by atoms with Crippen LogP contribution >= 0.6 is 0 Å². The predicted molar refractivity (Wildman–Crippen MR) is 142 cm³/mol. The van der Waals surface area contributed by atoms with E-state index in [1.165, 1.54) is 13.0 Å². The molecule has 0 aliphatic carbocycles. The molecule has 1 heterocycles. The Morgan fingerprint density at radius 3 is 2.02 bits per heavy atom. The van der Waals surface area contributed by atoms with Crippen molar-refractivity contribution < 1.29 is 47.7 Å². The van der Waals surface area contributed by atoms with Crippen LogP contribution in [0.5, 0.6) is 0 Å². The van der Waals surface area contributed by atoms with Crippen molar-refractivity contribution in [3.63, 3.8) is 0 Å². The van der Waals surface area contributed by atoms with Crippen molar-refractivity contribution in [2.45, 2.75) is 79.1 Å². The minimum absolute atomic E-state index is 0.0137. The number of imide groups is 1. The first kappa shape index (κ1) is 33.9. The zero-order valence-corrected chi connectivity index (χ0v) is 24.7. The van der Waals surface area contributed by atoms with Gasteiger partial charge in [0.05, 0.1) is 20.3 Å². The normalized spacial score (nSPS) is 16.0. The minimum atomic E-state index is -1.32. The third-order valence-corrected chi connectivity index (χ3v) is 5.12. The Balaban J connectivity index is 3.69. The van der Waals surface area contributed by atoms with Gasteiger partial charge in [0.1, 0.15) is 28.6 Å². The van der Waals surface area contributed by atoms with Gasteiger partial charge in [-0.05, 0) is 60.5 Å². The molecule has 1 aliphatic heterocycles. The van der Waals surface area contributed by atoms with E-state index in [-0.39, 0.29) is 18.5 Å². The van der Waals surface area contributed by atoms with E-state index in [2.05, 4.69) is 14.8 Å². The van der Waals surface area contributed by atoms with Crippen molar-refractivity contribution in [3.05, 3.63) is 35.2 Å². The largest absolute Gasteiger partial charge is 0.466 e. The summed E-state index contributed by atoms with van der Waals surface area (Å²) in [4.78, 5) is 79.5. The maximum absolute atomic E-state index is 13.9. The zero-order chi connectivity index (χ0) is 31.0. The first-order valence-corrected chi connectivity index (χ1v) is 12.5. The van der Waals surface area contributed by atoms with E-state index in [4.69, 9.17) is 9.47 Å². The second-order valence-corrected chi connectivity index (χ2v) is 10.7. The zero-order valence-electron chi connectivity index (χ0n) is 24.7. The number of carbonyl (C=O) groups is 6. The van der Waals surface area contributed by atoms with Crippen LogP contribution in [0.3, 0.4) is 0 Å². The summed E-state index contributed by atoms with van der Waals surface area (Å²) in [6.45, 7) is 12.9. The number of hydrogen-bond acceptors (Lipinski definition) is 10. The van der Waals surface area contributed by atoms with E-state index in [1.807, 2.05) is 0 Å². The number of nitrogens with zero attached hydrogens (tertiary/aromatic N) is 2. The molecule has 13 nitrogen and oxygen atoms in total. The molecule has 0 saturated carbocycles. The van der Waals surface area contributed by atoms with Gasteiger partial charge in [-0.1, -0.05) is 19.1 Å². The van der Waals surface area contributed by atoms with Gasteiger partial charge in [-0.2, -0.15) is 0 Å². The number of amides is 4. The van der Waals surface area contributed by atoms with Crippen molar-refractivity contribution in [2.75, 3.05) is 20.8 Å². The van der Waals surface area contributed by atoms with Crippen molar-refractivity contribution >= 4 is 35.9 Å². The highest BCUT2D eigenvalue weighted by Crippen LogP contribution is 2.24. The molecular formula is C27H39N3O10. The molecule has 0 fully saturated rings. The number of methoxy groups -OCH3 is 2. The van der Waals surface area contributed by atoms with Crippen LogP contribution in [-0.4, -0.2) is 83.7 Å². The molecule has 0 saturated heterocycles. The quantitative estimate of drug-likeness (QED) is 0.211. The average molecular weight is 566 g/mol. The molecule has 4 amide bonds. The van der Waals surface area contributed by atoms with Crippen LogP contribution in [0.4, 0.5) is 9.59 Å². The fourth-order valence-electron chi connectivity index (χ4n) is 3.24.